The van der Waals surface area contributed by atoms with Gasteiger partial charge in [-0.1, -0.05) is 5.92 Å². The van der Waals surface area contributed by atoms with Crippen molar-refractivity contribution >= 4 is 0 Å². The first kappa shape index (κ1) is 18.5. The summed E-state index contributed by atoms with van der Waals surface area (Å²) in [5.74, 6) is 4.34. The number of hydrogen-bond acceptors (Lipinski definition) is 2. The molecule has 4 nitrogen and oxygen atoms in total. The van der Waals surface area contributed by atoms with Crippen LogP contribution in [-0.4, -0.2) is 9.13 Å². The molecule has 0 aliphatic carbocycles. The van der Waals surface area contributed by atoms with Crippen molar-refractivity contribution in [2.24, 2.45) is 7.05 Å². The van der Waals surface area contributed by atoms with E-state index in [-0.39, 0.29) is 0 Å². The molecule has 1 aromatic carbocycles. The quantitative estimate of drug-likeness (QED) is 0.584. The highest BCUT2D eigenvalue weighted by Crippen LogP contribution is 2.29. The lowest BCUT2D eigenvalue weighted by Gasteiger charge is -2.17. The smallest absolute Gasteiger partial charge is 0.292 e. The van der Waals surface area contributed by atoms with Gasteiger partial charge in [0.25, 0.3) is 5.56 Å². The van der Waals surface area contributed by atoms with Crippen molar-refractivity contribution in [3.63, 3.8) is 0 Å². The molecule has 1 aromatic heterocycles. The molecule has 2 aromatic rings. The topological polar surface area (TPSA) is 44.0 Å². The maximum atomic E-state index is 14.4. The van der Waals surface area contributed by atoms with Crippen LogP contribution in [0, 0.1) is 31.5 Å². The van der Waals surface area contributed by atoms with Gasteiger partial charge in [-0.2, -0.15) is 13.2 Å². The molecule has 0 bridgehead atoms. The fraction of sp³-hybridized carbons (Fsp3) is 0.294. The zero-order chi connectivity index (χ0) is 19.1. The monoisotopic (exact) mass is 354 g/mol. The largest absolute Gasteiger partial charge is 0.432 e. The minimum absolute atomic E-state index is 0.297. The molecule has 0 saturated heterocycles. The lowest BCUT2D eigenvalue weighted by molar-refractivity contribution is -0.144. The van der Waals surface area contributed by atoms with E-state index >= 15 is 0 Å². The van der Waals surface area contributed by atoms with E-state index in [1.54, 1.807) is 13.8 Å². The molecule has 0 fully saturated rings. The average Bonchev–Trinajstić information content (AvgIpc) is 2.49. The Morgan fingerprint density at radius 2 is 1.72 bits per heavy atom. The third-order valence-electron chi connectivity index (χ3n) is 3.76. The number of benzene rings is 1. The van der Waals surface area contributed by atoms with Crippen LogP contribution in [-0.2, 0) is 13.2 Å². The maximum absolute atomic E-state index is 14.4. The number of alkyl halides is 3. The van der Waals surface area contributed by atoms with E-state index < -0.39 is 40.2 Å². The number of halogens is 4. The zero-order valence-corrected chi connectivity index (χ0v) is 13.9. The van der Waals surface area contributed by atoms with Crippen LogP contribution in [0.4, 0.5) is 17.6 Å². The van der Waals surface area contributed by atoms with Gasteiger partial charge >= 0.3 is 11.9 Å². The molecule has 0 unspecified atom stereocenters. The summed E-state index contributed by atoms with van der Waals surface area (Å²) in [7, 11) is 0.885. The molecule has 0 aliphatic heterocycles. The fourth-order valence-electron chi connectivity index (χ4n) is 2.58. The lowest BCUT2D eigenvalue weighted by atomic mass is 10.1. The Bertz CT molecular complexity index is 997. The van der Waals surface area contributed by atoms with Gasteiger partial charge in [-0.15, -0.1) is 5.92 Å². The molecule has 0 spiro atoms. The summed E-state index contributed by atoms with van der Waals surface area (Å²) >= 11 is 0. The molecule has 0 N–H and O–H groups in total. The van der Waals surface area contributed by atoms with Crippen molar-refractivity contribution in [2.45, 2.75) is 26.9 Å². The SMILES string of the molecule is CC#Cc1cc(F)c(-n2c(=O)c(C)c(C(F)(F)F)n(C)c2=O)cc1C. The normalized spacial score (nSPS) is 11.2. The molecule has 0 aliphatic rings. The van der Waals surface area contributed by atoms with Gasteiger partial charge in [0.15, 0.2) is 0 Å². The van der Waals surface area contributed by atoms with E-state index in [0.717, 1.165) is 20.0 Å². The van der Waals surface area contributed by atoms with Gasteiger partial charge in [0.05, 0.1) is 5.69 Å². The fourth-order valence-corrected chi connectivity index (χ4v) is 2.58. The molecule has 132 valence electrons. The van der Waals surface area contributed by atoms with Crippen LogP contribution in [0.5, 0.6) is 0 Å². The third kappa shape index (κ3) is 3.09. The summed E-state index contributed by atoms with van der Waals surface area (Å²) in [5.41, 5.74) is -4.12. The molecular weight excluding hydrogens is 340 g/mol. The Morgan fingerprint density at radius 1 is 1.12 bits per heavy atom. The highest BCUT2D eigenvalue weighted by atomic mass is 19.4. The summed E-state index contributed by atoms with van der Waals surface area (Å²) in [4.78, 5) is 24.7. The minimum atomic E-state index is -4.88. The number of aromatic nitrogens is 2. The number of nitrogens with zero attached hydrogens (tertiary/aromatic N) is 2. The number of rotatable bonds is 1. The maximum Gasteiger partial charge on any atom is 0.432 e. The number of aryl methyl sites for hydroxylation is 1. The van der Waals surface area contributed by atoms with Crippen molar-refractivity contribution in [1.82, 2.24) is 9.13 Å². The average molecular weight is 354 g/mol. The lowest BCUT2D eigenvalue weighted by Crippen LogP contribution is -2.43. The van der Waals surface area contributed by atoms with E-state index in [2.05, 4.69) is 11.8 Å². The van der Waals surface area contributed by atoms with E-state index in [1.807, 2.05) is 0 Å². The van der Waals surface area contributed by atoms with Crippen molar-refractivity contribution < 1.29 is 17.6 Å². The predicted octanol–water partition coefficient (Wildman–Crippen LogP) is 2.68. The zero-order valence-electron chi connectivity index (χ0n) is 13.9. The summed E-state index contributed by atoms with van der Waals surface area (Å²) in [5, 5.41) is 0. The van der Waals surface area contributed by atoms with Crippen LogP contribution in [0.1, 0.15) is 29.3 Å². The molecule has 8 heteroatoms. The second kappa shape index (κ2) is 6.24. The highest BCUT2D eigenvalue weighted by Gasteiger charge is 2.37. The van der Waals surface area contributed by atoms with E-state index in [4.69, 9.17) is 0 Å². The van der Waals surface area contributed by atoms with Crippen LogP contribution < -0.4 is 11.2 Å². The third-order valence-corrected chi connectivity index (χ3v) is 3.76. The molecule has 0 radical (unpaired) electrons. The van der Waals surface area contributed by atoms with E-state index in [0.29, 0.717) is 20.3 Å². The van der Waals surface area contributed by atoms with Crippen LogP contribution in [0.2, 0.25) is 0 Å². The number of hydrogen-bond donors (Lipinski definition) is 0. The van der Waals surface area contributed by atoms with Crippen molar-refractivity contribution in [3.8, 4) is 17.5 Å². The first-order valence-electron chi connectivity index (χ1n) is 7.13. The van der Waals surface area contributed by atoms with Gasteiger partial charge in [-0.25, -0.2) is 13.8 Å². The molecule has 0 saturated carbocycles. The van der Waals surface area contributed by atoms with Gasteiger partial charge in [0, 0.05) is 18.2 Å². The van der Waals surface area contributed by atoms with Gasteiger partial charge < -0.3 is 0 Å². The van der Waals surface area contributed by atoms with Crippen molar-refractivity contribution in [3.05, 3.63) is 61.2 Å². The minimum Gasteiger partial charge on any atom is -0.292 e. The Morgan fingerprint density at radius 3 is 2.24 bits per heavy atom. The van der Waals surface area contributed by atoms with Crippen LogP contribution in [0.25, 0.3) is 5.69 Å². The van der Waals surface area contributed by atoms with Crippen molar-refractivity contribution in [1.29, 1.82) is 0 Å². The van der Waals surface area contributed by atoms with E-state index in [1.165, 1.54) is 6.07 Å². The predicted molar refractivity (Wildman–Crippen MR) is 84.3 cm³/mol. The van der Waals surface area contributed by atoms with Gasteiger partial charge in [-0.3, -0.25) is 9.36 Å². The Labute approximate surface area is 140 Å². The van der Waals surface area contributed by atoms with E-state index in [9.17, 15) is 27.2 Å². The molecule has 0 amide bonds. The molecule has 25 heavy (non-hydrogen) atoms. The van der Waals surface area contributed by atoms with Crippen LogP contribution in [0.3, 0.4) is 0 Å². The summed E-state index contributed by atoms with van der Waals surface area (Å²) in [6.45, 7) is 4.10. The summed E-state index contributed by atoms with van der Waals surface area (Å²) in [6, 6.07) is 2.25. The molecule has 2 rings (SSSR count). The first-order chi connectivity index (χ1) is 11.5. The first-order valence-corrected chi connectivity index (χ1v) is 7.13. The van der Waals surface area contributed by atoms with Crippen molar-refractivity contribution in [2.75, 3.05) is 0 Å². The summed E-state index contributed by atoms with van der Waals surface area (Å²) in [6.07, 6.45) is -4.88. The Hall–Kier alpha value is -2.82. The van der Waals surface area contributed by atoms with Gasteiger partial charge in [-0.05, 0) is 38.5 Å². The molecule has 1 heterocycles. The Kier molecular flexibility index (Phi) is 4.62. The van der Waals surface area contributed by atoms with Crippen LogP contribution in [0.15, 0.2) is 21.7 Å². The highest BCUT2D eigenvalue weighted by molar-refractivity contribution is 5.48. The standard InChI is InChI=1S/C17H14F4N2O2/c1-5-6-11-8-12(18)13(7-9(11)2)23-15(24)10(3)14(17(19,20)21)22(4)16(23)25/h7-8H,1-4H3. The molecular formula is C17H14F4N2O2. The van der Waals surface area contributed by atoms with Crippen LogP contribution >= 0.6 is 0 Å². The second-order valence-electron chi connectivity index (χ2n) is 5.45. The Balaban J connectivity index is 2.91. The molecule has 0 atom stereocenters. The second-order valence-corrected chi connectivity index (χ2v) is 5.45. The summed E-state index contributed by atoms with van der Waals surface area (Å²) < 4.78 is 54.4. The van der Waals surface area contributed by atoms with Gasteiger partial charge in [0.1, 0.15) is 11.5 Å². The van der Waals surface area contributed by atoms with Gasteiger partial charge in [0.2, 0.25) is 0 Å².